The summed E-state index contributed by atoms with van der Waals surface area (Å²) in [7, 11) is 0. The second-order valence-corrected chi connectivity index (χ2v) is 7.98. The molecule has 1 N–H and O–H groups in total. The summed E-state index contributed by atoms with van der Waals surface area (Å²) in [6, 6.07) is 21.5. The highest BCUT2D eigenvalue weighted by molar-refractivity contribution is 5.93. The number of para-hydroxylation sites is 1. The van der Waals surface area contributed by atoms with Crippen LogP contribution in [0, 0.1) is 0 Å². The predicted octanol–water partition coefficient (Wildman–Crippen LogP) is 4.91. The van der Waals surface area contributed by atoms with Gasteiger partial charge in [-0.3, -0.25) is 9.48 Å². The van der Waals surface area contributed by atoms with E-state index in [1.54, 1.807) is 6.07 Å². The first-order chi connectivity index (χ1) is 15.8. The number of fused-ring (bicyclic) bond motifs is 1. The quantitative estimate of drug-likeness (QED) is 0.455. The molecule has 0 bridgehead atoms. The first-order valence-electron chi connectivity index (χ1n) is 10.9. The van der Waals surface area contributed by atoms with E-state index in [4.69, 9.17) is 9.15 Å². The van der Waals surface area contributed by atoms with E-state index in [1.807, 2.05) is 54.7 Å². The van der Waals surface area contributed by atoms with E-state index in [0.29, 0.717) is 5.76 Å². The zero-order chi connectivity index (χ0) is 21.8. The van der Waals surface area contributed by atoms with Crippen molar-refractivity contribution in [2.45, 2.75) is 38.5 Å². The smallest absolute Gasteiger partial charge is 0.287 e. The zero-order valence-electron chi connectivity index (χ0n) is 17.7. The summed E-state index contributed by atoms with van der Waals surface area (Å²) in [4.78, 5) is 13.0. The third-order valence-corrected chi connectivity index (χ3v) is 5.83. The summed E-state index contributed by atoms with van der Waals surface area (Å²) >= 11 is 0. The van der Waals surface area contributed by atoms with Crippen molar-refractivity contribution in [1.82, 2.24) is 15.1 Å². The molecule has 1 atom stereocenters. The van der Waals surface area contributed by atoms with Crippen molar-refractivity contribution >= 4 is 5.91 Å². The Morgan fingerprint density at radius 3 is 2.69 bits per heavy atom. The van der Waals surface area contributed by atoms with Gasteiger partial charge in [0.25, 0.3) is 5.91 Å². The van der Waals surface area contributed by atoms with Crippen LogP contribution in [-0.4, -0.2) is 15.7 Å². The Hall–Kier alpha value is -3.80. The highest BCUT2D eigenvalue weighted by Gasteiger charge is 2.27. The minimum absolute atomic E-state index is 0.0798. The van der Waals surface area contributed by atoms with Gasteiger partial charge in [-0.05, 0) is 43.0 Å². The maximum Gasteiger partial charge on any atom is 0.287 e. The van der Waals surface area contributed by atoms with E-state index in [9.17, 15) is 4.79 Å². The molecule has 0 saturated carbocycles. The number of aromatic nitrogens is 2. The van der Waals surface area contributed by atoms with Crippen LogP contribution >= 0.6 is 0 Å². The van der Waals surface area contributed by atoms with Crippen molar-refractivity contribution in [3.8, 4) is 5.75 Å². The highest BCUT2D eigenvalue weighted by Crippen LogP contribution is 2.30. The Morgan fingerprint density at radius 1 is 1.09 bits per heavy atom. The molecule has 1 aliphatic rings. The molecule has 1 amide bonds. The van der Waals surface area contributed by atoms with Gasteiger partial charge in [-0.15, -0.1) is 0 Å². The van der Waals surface area contributed by atoms with E-state index < -0.39 is 0 Å². The second-order valence-electron chi connectivity index (χ2n) is 7.98. The monoisotopic (exact) mass is 427 g/mol. The van der Waals surface area contributed by atoms with Crippen LogP contribution in [0.5, 0.6) is 5.75 Å². The minimum Gasteiger partial charge on any atom is -0.489 e. The van der Waals surface area contributed by atoms with Gasteiger partial charge in [0.2, 0.25) is 0 Å². The van der Waals surface area contributed by atoms with E-state index in [0.717, 1.165) is 42.7 Å². The molecule has 1 aliphatic carbocycles. The maximum absolute atomic E-state index is 13.0. The van der Waals surface area contributed by atoms with Gasteiger partial charge in [0.05, 0.1) is 25.0 Å². The lowest BCUT2D eigenvalue weighted by molar-refractivity contribution is 0.0901. The summed E-state index contributed by atoms with van der Waals surface area (Å²) in [6.07, 6.45) is 6.27. The normalized spacial score (nSPS) is 15.2. The van der Waals surface area contributed by atoms with Gasteiger partial charge in [0.15, 0.2) is 5.76 Å². The zero-order valence-corrected chi connectivity index (χ0v) is 17.7. The topological polar surface area (TPSA) is 69.3 Å². The van der Waals surface area contributed by atoms with E-state index in [1.165, 1.54) is 17.5 Å². The maximum atomic E-state index is 13.0. The molecular weight excluding hydrogens is 402 g/mol. The molecule has 0 fully saturated rings. The predicted molar refractivity (Wildman–Crippen MR) is 120 cm³/mol. The second kappa shape index (κ2) is 9.14. The Labute approximate surface area is 186 Å². The molecule has 162 valence electrons. The number of carbonyl (C=O) groups excluding carboxylic acids is 1. The molecule has 0 radical (unpaired) electrons. The van der Waals surface area contributed by atoms with Gasteiger partial charge < -0.3 is 14.5 Å². The van der Waals surface area contributed by atoms with E-state index in [-0.39, 0.29) is 18.6 Å². The number of benzene rings is 2. The SMILES string of the molecule is O=C(NC1CCCc2c1cnn2Cc1ccccc1)c1occc1COc1ccccc1. The first-order valence-corrected chi connectivity index (χ1v) is 10.9. The third-order valence-electron chi connectivity index (χ3n) is 5.83. The Kier molecular flexibility index (Phi) is 5.75. The lowest BCUT2D eigenvalue weighted by atomic mass is 9.92. The van der Waals surface area contributed by atoms with Crippen LogP contribution in [0.4, 0.5) is 0 Å². The number of ether oxygens (including phenoxy) is 1. The fourth-order valence-electron chi connectivity index (χ4n) is 4.21. The lowest BCUT2D eigenvalue weighted by Gasteiger charge is -2.24. The van der Waals surface area contributed by atoms with Crippen LogP contribution in [0.3, 0.4) is 0 Å². The van der Waals surface area contributed by atoms with Crippen molar-refractivity contribution in [3.05, 3.63) is 107 Å². The number of carbonyl (C=O) groups is 1. The fourth-order valence-corrected chi connectivity index (χ4v) is 4.21. The number of hydrogen-bond donors (Lipinski definition) is 1. The number of amides is 1. The third kappa shape index (κ3) is 4.30. The van der Waals surface area contributed by atoms with Crippen LogP contribution in [0.2, 0.25) is 0 Å². The summed E-state index contributed by atoms with van der Waals surface area (Å²) in [5.41, 5.74) is 4.22. The molecular formula is C26H25N3O3. The van der Waals surface area contributed by atoms with Gasteiger partial charge in [0.1, 0.15) is 12.4 Å². The van der Waals surface area contributed by atoms with Gasteiger partial charge >= 0.3 is 0 Å². The largest absolute Gasteiger partial charge is 0.489 e. The van der Waals surface area contributed by atoms with Gasteiger partial charge in [-0.1, -0.05) is 48.5 Å². The molecule has 6 heteroatoms. The number of rotatable bonds is 7. The Morgan fingerprint density at radius 2 is 1.88 bits per heavy atom. The Balaban J connectivity index is 1.28. The van der Waals surface area contributed by atoms with Crippen LogP contribution in [-0.2, 0) is 19.6 Å². The highest BCUT2D eigenvalue weighted by atomic mass is 16.5. The van der Waals surface area contributed by atoms with Crippen molar-refractivity contribution in [3.63, 3.8) is 0 Å². The summed E-state index contributed by atoms with van der Waals surface area (Å²) in [5.74, 6) is 0.822. The van der Waals surface area contributed by atoms with Crippen molar-refractivity contribution in [1.29, 1.82) is 0 Å². The Bertz CT molecular complexity index is 1180. The summed E-state index contributed by atoms with van der Waals surface area (Å²) < 4.78 is 13.4. The molecule has 2 aromatic carbocycles. The summed E-state index contributed by atoms with van der Waals surface area (Å²) in [6.45, 7) is 1.00. The molecule has 5 rings (SSSR count). The molecule has 6 nitrogen and oxygen atoms in total. The van der Waals surface area contributed by atoms with E-state index >= 15 is 0 Å². The van der Waals surface area contributed by atoms with E-state index in [2.05, 4.69) is 27.2 Å². The molecule has 4 aromatic rings. The molecule has 32 heavy (non-hydrogen) atoms. The standard InChI is InChI=1S/C26H25N3O3/c30-26(25-20(14-15-31-25)18-32-21-10-5-2-6-11-21)28-23-12-7-13-24-22(23)16-27-29(24)17-19-8-3-1-4-9-19/h1-6,8-11,14-16,23H,7,12-13,17-18H2,(H,28,30). The molecule has 1 unspecified atom stereocenters. The summed E-state index contributed by atoms with van der Waals surface area (Å²) in [5, 5.41) is 7.77. The van der Waals surface area contributed by atoms with Crippen molar-refractivity contribution in [2.24, 2.45) is 0 Å². The average molecular weight is 428 g/mol. The van der Waals surface area contributed by atoms with Crippen LogP contribution < -0.4 is 10.1 Å². The van der Waals surface area contributed by atoms with Gasteiger partial charge in [-0.2, -0.15) is 5.10 Å². The van der Waals surface area contributed by atoms with Crippen LogP contribution in [0.1, 0.15) is 51.8 Å². The van der Waals surface area contributed by atoms with Crippen molar-refractivity contribution < 1.29 is 13.9 Å². The minimum atomic E-state index is -0.227. The van der Waals surface area contributed by atoms with Crippen molar-refractivity contribution in [2.75, 3.05) is 0 Å². The molecule has 0 spiro atoms. The van der Waals surface area contributed by atoms with Gasteiger partial charge in [0, 0.05) is 16.8 Å². The first kappa shape index (κ1) is 20.1. The number of nitrogens with one attached hydrogen (secondary N) is 1. The fraction of sp³-hybridized carbons (Fsp3) is 0.231. The molecule has 2 aromatic heterocycles. The average Bonchev–Trinajstić information content (AvgIpc) is 3.47. The molecule has 0 saturated heterocycles. The number of furan rings is 1. The molecule has 0 aliphatic heterocycles. The van der Waals surface area contributed by atoms with Crippen LogP contribution in [0.25, 0.3) is 0 Å². The van der Waals surface area contributed by atoms with Crippen LogP contribution in [0.15, 0.2) is 83.6 Å². The molecule has 2 heterocycles. The lowest BCUT2D eigenvalue weighted by Crippen LogP contribution is -2.31. The van der Waals surface area contributed by atoms with Gasteiger partial charge in [-0.25, -0.2) is 0 Å². The number of nitrogens with zero attached hydrogens (tertiary/aromatic N) is 2. The number of hydrogen-bond acceptors (Lipinski definition) is 4.